The van der Waals surface area contributed by atoms with Gasteiger partial charge in [0.25, 0.3) is 0 Å². The monoisotopic (exact) mass is 386 g/mol. The smallest absolute Gasteiger partial charge is 0.164 e. The first-order valence-corrected chi connectivity index (χ1v) is 9.37. The molecule has 4 aromatic rings. The van der Waals surface area contributed by atoms with Gasteiger partial charge in [-0.3, -0.25) is 9.67 Å². The van der Waals surface area contributed by atoms with E-state index in [1.54, 1.807) is 10.9 Å². The summed E-state index contributed by atoms with van der Waals surface area (Å²) in [4.78, 5) is 16.9. The van der Waals surface area contributed by atoms with Gasteiger partial charge in [-0.05, 0) is 25.7 Å². The lowest BCUT2D eigenvalue weighted by Crippen LogP contribution is -2.09. The third-order valence-electron chi connectivity index (χ3n) is 5.15. The highest BCUT2D eigenvalue weighted by molar-refractivity contribution is 5.97. The SMILES string of the molecule is CC(c1cnn(CC2CC2)c1)n1nc(-c2cncc(C#N)n2)c2c(N)ncnc21. The predicted octanol–water partition coefficient (Wildman–Crippen LogP) is 1.95. The van der Waals surface area contributed by atoms with Crippen molar-refractivity contribution >= 4 is 16.9 Å². The Bertz CT molecular complexity index is 1240. The van der Waals surface area contributed by atoms with Crippen LogP contribution in [0.2, 0.25) is 0 Å². The van der Waals surface area contributed by atoms with Gasteiger partial charge >= 0.3 is 0 Å². The van der Waals surface area contributed by atoms with Gasteiger partial charge < -0.3 is 5.73 Å². The maximum atomic E-state index is 9.15. The van der Waals surface area contributed by atoms with Crippen molar-refractivity contribution in [3.05, 3.63) is 42.4 Å². The van der Waals surface area contributed by atoms with Crippen LogP contribution in [-0.4, -0.2) is 39.5 Å². The fraction of sp³-hybridized carbons (Fsp3) is 0.316. The number of hydrogen-bond donors (Lipinski definition) is 1. The molecule has 29 heavy (non-hydrogen) atoms. The fourth-order valence-electron chi connectivity index (χ4n) is 3.38. The fourth-order valence-corrected chi connectivity index (χ4v) is 3.38. The van der Waals surface area contributed by atoms with Crippen LogP contribution in [0.1, 0.15) is 37.1 Å². The molecular formula is C19H18N10. The highest BCUT2D eigenvalue weighted by Crippen LogP contribution is 2.33. The average molecular weight is 386 g/mol. The summed E-state index contributed by atoms with van der Waals surface area (Å²) in [6, 6.07) is 1.87. The van der Waals surface area contributed by atoms with Gasteiger partial charge in [-0.15, -0.1) is 0 Å². The summed E-state index contributed by atoms with van der Waals surface area (Å²) >= 11 is 0. The number of nitrogens with two attached hydrogens (primary N) is 1. The van der Waals surface area contributed by atoms with E-state index in [2.05, 4.69) is 31.2 Å². The summed E-state index contributed by atoms with van der Waals surface area (Å²) in [5.74, 6) is 1.05. The third-order valence-corrected chi connectivity index (χ3v) is 5.15. The zero-order chi connectivity index (χ0) is 20.0. The molecule has 0 radical (unpaired) electrons. The highest BCUT2D eigenvalue weighted by Gasteiger charge is 2.24. The molecule has 1 aliphatic carbocycles. The maximum Gasteiger partial charge on any atom is 0.164 e. The number of nitrogens with zero attached hydrogens (tertiary/aromatic N) is 9. The molecule has 0 bridgehead atoms. The number of fused-ring (bicyclic) bond motifs is 1. The summed E-state index contributed by atoms with van der Waals surface area (Å²) in [6.45, 7) is 2.98. The minimum Gasteiger partial charge on any atom is -0.383 e. The topological polar surface area (TPSA) is 137 Å². The van der Waals surface area contributed by atoms with E-state index in [9.17, 15) is 0 Å². The Hall–Kier alpha value is -3.87. The first-order chi connectivity index (χ1) is 14.1. The molecule has 1 fully saturated rings. The number of rotatable bonds is 5. The lowest BCUT2D eigenvalue weighted by molar-refractivity contribution is 0.556. The van der Waals surface area contributed by atoms with Crippen LogP contribution in [0.3, 0.4) is 0 Å². The molecule has 1 atom stereocenters. The minimum atomic E-state index is -0.124. The van der Waals surface area contributed by atoms with E-state index >= 15 is 0 Å². The van der Waals surface area contributed by atoms with Crippen LogP contribution in [0.5, 0.6) is 0 Å². The molecular weight excluding hydrogens is 368 g/mol. The molecule has 0 aromatic carbocycles. The normalized spacial score (nSPS) is 14.8. The van der Waals surface area contributed by atoms with Crippen LogP contribution < -0.4 is 5.73 Å². The molecule has 0 amide bonds. The average Bonchev–Trinajstić information content (AvgIpc) is 3.27. The van der Waals surface area contributed by atoms with Gasteiger partial charge in [0, 0.05) is 18.3 Å². The van der Waals surface area contributed by atoms with Crippen molar-refractivity contribution in [3.63, 3.8) is 0 Å². The van der Waals surface area contributed by atoms with Gasteiger partial charge in [0.2, 0.25) is 0 Å². The molecule has 4 heterocycles. The molecule has 10 heteroatoms. The van der Waals surface area contributed by atoms with E-state index in [1.165, 1.54) is 25.4 Å². The third kappa shape index (κ3) is 3.06. The summed E-state index contributed by atoms with van der Waals surface area (Å²) in [7, 11) is 0. The first-order valence-electron chi connectivity index (χ1n) is 9.37. The molecule has 0 spiro atoms. The number of nitriles is 1. The van der Waals surface area contributed by atoms with Crippen LogP contribution in [0.25, 0.3) is 22.4 Å². The zero-order valence-electron chi connectivity index (χ0n) is 15.8. The Morgan fingerprint density at radius 2 is 2.14 bits per heavy atom. The van der Waals surface area contributed by atoms with Crippen molar-refractivity contribution in [2.45, 2.75) is 32.4 Å². The van der Waals surface area contributed by atoms with Crippen molar-refractivity contribution in [1.82, 2.24) is 39.5 Å². The Balaban J connectivity index is 1.61. The minimum absolute atomic E-state index is 0.124. The van der Waals surface area contributed by atoms with E-state index in [4.69, 9.17) is 16.1 Å². The van der Waals surface area contributed by atoms with Crippen LogP contribution >= 0.6 is 0 Å². The lowest BCUT2D eigenvalue weighted by Gasteiger charge is -2.10. The van der Waals surface area contributed by atoms with Crippen LogP contribution in [0.4, 0.5) is 5.82 Å². The first kappa shape index (κ1) is 17.2. The van der Waals surface area contributed by atoms with Crippen molar-refractivity contribution in [1.29, 1.82) is 5.26 Å². The van der Waals surface area contributed by atoms with Gasteiger partial charge in [0.1, 0.15) is 29.6 Å². The van der Waals surface area contributed by atoms with Gasteiger partial charge in [0.05, 0.1) is 30.0 Å². The van der Waals surface area contributed by atoms with E-state index < -0.39 is 0 Å². The van der Waals surface area contributed by atoms with Gasteiger partial charge in [-0.1, -0.05) is 0 Å². The van der Waals surface area contributed by atoms with Gasteiger partial charge in [0.15, 0.2) is 11.3 Å². The lowest BCUT2D eigenvalue weighted by atomic mass is 10.2. The molecule has 10 nitrogen and oxygen atoms in total. The molecule has 1 saturated carbocycles. The molecule has 1 aliphatic rings. The second-order valence-electron chi connectivity index (χ2n) is 7.27. The molecule has 2 N–H and O–H groups in total. The molecule has 0 saturated heterocycles. The van der Waals surface area contributed by atoms with Gasteiger partial charge in [-0.2, -0.15) is 15.5 Å². The summed E-state index contributed by atoms with van der Waals surface area (Å²) < 4.78 is 3.78. The van der Waals surface area contributed by atoms with E-state index in [0.29, 0.717) is 28.2 Å². The Morgan fingerprint density at radius 3 is 2.93 bits per heavy atom. The van der Waals surface area contributed by atoms with Crippen molar-refractivity contribution in [3.8, 4) is 17.5 Å². The molecule has 0 aliphatic heterocycles. The van der Waals surface area contributed by atoms with Crippen LogP contribution in [-0.2, 0) is 6.54 Å². The van der Waals surface area contributed by atoms with Crippen molar-refractivity contribution in [2.24, 2.45) is 5.92 Å². The standard InChI is InChI=1S/C19H18N10/c1-11(13-5-25-28(9-13)8-12-2-3-12)29-19-16(18(21)23-10-24-19)17(27-29)15-7-22-6-14(4-20)26-15/h5-7,9-12H,2-3,8H2,1H3,(H2,21,23,24). The number of nitrogen functional groups attached to an aromatic ring is 1. The summed E-state index contributed by atoms with van der Waals surface area (Å²) in [5.41, 5.74) is 8.92. The molecule has 5 rings (SSSR count). The molecule has 144 valence electrons. The summed E-state index contributed by atoms with van der Waals surface area (Å²) in [6.07, 6.45) is 10.8. The van der Waals surface area contributed by atoms with E-state index in [-0.39, 0.29) is 11.7 Å². The predicted molar refractivity (Wildman–Crippen MR) is 104 cm³/mol. The largest absolute Gasteiger partial charge is 0.383 e. The Labute approximate surface area is 166 Å². The van der Waals surface area contributed by atoms with Crippen LogP contribution in [0.15, 0.2) is 31.1 Å². The van der Waals surface area contributed by atoms with E-state index in [1.807, 2.05) is 23.9 Å². The number of aromatic nitrogens is 8. The second kappa shape index (κ2) is 6.63. The van der Waals surface area contributed by atoms with Crippen molar-refractivity contribution in [2.75, 3.05) is 5.73 Å². The van der Waals surface area contributed by atoms with E-state index in [0.717, 1.165) is 18.0 Å². The maximum absolute atomic E-state index is 9.15. The van der Waals surface area contributed by atoms with Crippen LogP contribution in [0, 0.1) is 17.2 Å². The van der Waals surface area contributed by atoms with Gasteiger partial charge in [-0.25, -0.2) is 19.6 Å². The second-order valence-corrected chi connectivity index (χ2v) is 7.27. The summed E-state index contributed by atoms with van der Waals surface area (Å²) in [5, 5.41) is 19.0. The Morgan fingerprint density at radius 1 is 1.28 bits per heavy atom. The number of hydrogen-bond acceptors (Lipinski definition) is 8. The highest BCUT2D eigenvalue weighted by atomic mass is 15.3. The quantitative estimate of drug-likeness (QED) is 0.549. The molecule has 4 aromatic heterocycles. The zero-order valence-corrected chi connectivity index (χ0v) is 15.8. The van der Waals surface area contributed by atoms with Crippen molar-refractivity contribution < 1.29 is 0 Å². The molecule has 1 unspecified atom stereocenters. The Kier molecular flexibility index (Phi) is 3.94. The number of anilines is 1.